The van der Waals surface area contributed by atoms with Crippen molar-refractivity contribution in [2.45, 2.75) is 122 Å². The van der Waals surface area contributed by atoms with E-state index in [2.05, 4.69) is 12.2 Å². The first-order valence-electron chi connectivity index (χ1n) is 13.3. The van der Waals surface area contributed by atoms with Gasteiger partial charge >= 0.3 is 5.97 Å². The molecule has 0 aliphatic rings. The number of carboxylic acid groups (broad SMARTS) is 1. The number of anilines is 1. The lowest BCUT2D eigenvalue weighted by atomic mass is 9.96. The summed E-state index contributed by atoms with van der Waals surface area (Å²) >= 11 is 0. The van der Waals surface area contributed by atoms with E-state index in [-0.39, 0.29) is 18.1 Å². The molecular formula is C28H47NO4. The van der Waals surface area contributed by atoms with E-state index in [1.54, 1.807) is 12.1 Å². The molecule has 0 saturated carbocycles. The van der Waals surface area contributed by atoms with Crippen molar-refractivity contribution in [1.29, 1.82) is 0 Å². The molecule has 0 saturated heterocycles. The number of carbonyl (C=O) groups excluding carboxylic acids is 1. The fourth-order valence-corrected chi connectivity index (χ4v) is 4.26. The molecule has 1 aromatic carbocycles. The second-order valence-corrected chi connectivity index (χ2v) is 9.42. The monoisotopic (exact) mass is 461 g/mol. The Morgan fingerprint density at radius 3 is 1.58 bits per heavy atom. The summed E-state index contributed by atoms with van der Waals surface area (Å²) in [6.45, 7) is 2.26. The molecule has 1 rings (SSSR count). The average molecular weight is 462 g/mol. The van der Waals surface area contributed by atoms with Crippen LogP contribution in [0.2, 0.25) is 0 Å². The molecule has 0 radical (unpaired) electrons. The molecule has 1 atom stereocenters. The summed E-state index contributed by atoms with van der Waals surface area (Å²) in [6, 6.07) is 6.22. The van der Waals surface area contributed by atoms with Crippen LogP contribution >= 0.6 is 0 Å². The van der Waals surface area contributed by atoms with E-state index in [1.165, 1.54) is 95.6 Å². The lowest BCUT2D eigenvalue weighted by Gasteiger charge is -2.15. The van der Waals surface area contributed by atoms with Crippen LogP contribution in [0.5, 0.6) is 5.75 Å². The number of aromatic hydroxyl groups is 1. The van der Waals surface area contributed by atoms with Gasteiger partial charge in [0.2, 0.25) is 5.91 Å². The summed E-state index contributed by atoms with van der Waals surface area (Å²) < 4.78 is 0. The van der Waals surface area contributed by atoms with Crippen LogP contribution in [0.25, 0.3) is 0 Å². The lowest BCUT2D eigenvalue weighted by Crippen LogP contribution is -2.25. The van der Waals surface area contributed by atoms with E-state index in [0.29, 0.717) is 12.1 Å². The Hall–Kier alpha value is -2.04. The molecule has 33 heavy (non-hydrogen) atoms. The normalized spacial score (nSPS) is 11.9. The van der Waals surface area contributed by atoms with Gasteiger partial charge in [0.15, 0.2) is 0 Å². The highest BCUT2D eigenvalue weighted by molar-refractivity contribution is 5.94. The summed E-state index contributed by atoms with van der Waals surface area (Å²) in [5.74, 6) is -1.60. The number of rotatable bonds is 21. The summed E-state index contributed by atoms with van der Waals surface area (Å²) in [6.07, 6.45) is 21.1. The Kier molecular flexibility index (Phi) is 17.1. The first-order chi connectivity index (χ1) is 16.0. The fourth-order valence-electron chi connectivity index (χ4n) is 4.26. The van der Waals surface area contributed by atoms with Crippen molar-refractivity contribution in [2.75, 3.05) is 5.32 Å². The number of carbonyl (C=O) groups is 2. The number of unbranched alkanes of at least 4 members (excludes halogenated alkanes) is 15. The first-order valence-corrected chi connectivity index (χ1v) is 13.3. The largest absolute Gasteiger partial charge is 0.508 e. The van der Waals surface area contributed by atoms with E-state index >= 15 is 0 Å². The van der Waals surface area contributed by atoms with Crippen molar-refractivity contribution in [2.24, 2.45) is 5.92 Å². The Morgan fingerprint density at radius 2 is 1.15 bits per heavy atom. The van der Waals surface area contributed by atoms with Crippen molar-refractivity contribution < 1.29 is 19.8 Å². The molecule has 188 valence electrons. The van der Waals surface area contributed by atoms with E-state index < -0.39 is 11.9 Å². The van der Waals surface area contributed by atoms with Crippen LogP contribution in [0.4, 0.5) is 5.69 Å². The molecule has 5 heteroatoms. The molecule has 0 spiro atoms. The Morgan fingerprint density at radius 1 is 0.727 bits per heavy atom. The quantitative estimate of drug-likeness (QED) is 0.128. The summed E-state index contributed by atoms with van der Waals surface area (Å²) in [5.41, 5.74) is 0.570. The Labute approximate surface area is 201 Å². The zero-order valence-electron chi connectivity index (χ0n) is 20.8. The van der Waals surface area contributed by atoms with Crippen LogP contribution in [0.3, 0.4) is 0 Å². The molecule has 1 amide bonds. The highest BCUT2D eigenvalue weighted by Gasteiger charge is 2.21. The van der Waals surface area contributed by atoms with Crippen molar-refractivity contribution in [3.63, 3.8) is 0 Å². The van der Waals surface area contributed by atoms with Crippen molar-refractivity contribution >= 4 is 17.6 Å². The summed E-state index contributed by atoms with van der Waals surface area (Å²) in [7, 11) is 0. The molecule has 0 aromatic heterocycles. The molecule has 5 nitrogen and oxygen atoms in total. The van der Waals surface area contributed by atoms with Crippen LogP contribution in [0.15, 0.2) is 24.3 Å². The van der Waals surface area contributed by atoms with E-state index in [4.69, 9.17) is 5.11 Å². The minimum atomic E-state index is -0.947. The number of phenols is 1. The predicted octanol–water partition coefficient (Wildman–Crippen LogP) is 8.07. The molecule has 3 N–H and O–H groups in total. The number of benzene rings is 1. The second-order valence-electron chi connectivity index (χ2n) is 9.42. The van der Waals surface area contributed by atoms with Gasteiger partial charge < -0.3 is 15.5 Å². The molecule has 0 bridgehead atoms. The zero-order chi connectivity index (χ0) is 24.2. The van der Waals surface area contributed by atoms with Gasteiger partial charge in [-0.25, -0.2) is 0 Å². The Balaban J connectivity index is 2.04. The van der Waals surface area contributed by atoms with Crippen molar-refractivity contribution in [3.8, 4) is 5.75 Å². The number of nitrogens with one attached hydrogen (secondary N) is 1. The van der Waals surface area contributed by atoms with Gasteiger partial charge in [-0.2, -0.15) is 0 Å². The molecule has 0 fully saturated rings. The zero-order valence-corrected chi connectivity index (χ0v) is 20.8. The second kappa shape index (κ2) is 19.4. The maximum atomic E-state index is 12.5. The molecule has 1 aromatic rings. The number of aliphatic carboxylic acids is 1. The van der Waals surface area contributed by atoms with Gasteiger partial charge in [0, 0.05) is 11.6 Å². The number of hydrogen-bond donors (Lipinski definition) is 3. The van der Waals surface area contributed by atoms with Crippen LogP contribution in [-0.4, -0.2) is 22.1 Å². The maximum Gasteiger partial charge on any atom is 0.304 e. The standard InChI is InChI=1S/C28H47NO4/c1-2-3-4-5-6-7-8-9-10-11-12-13-14-15-16-17-18-24(23-27(31)32)28(33)29-25-19-21-26(30)22-20-25/h19-22,24,30H,2-18,23H2,1H3,(H,29,33)(H,31,32). The van der Waals surface area contributed by atoms with Gasteiger partial charge in [0.05, 0.1) is 6.42 Å². The van der Waals surface area contributed by atoms with Gasteiger partial charge in [-0.15, -0.1) is 0 Å². The van der Waals surface area contributed by atoms with E-state index in [9.17, 15) is 14.7 Å². The third kappa shape index (κ3) is 16.3. The van der Waals surface area contributed by atoms with Crippen LogP contribution < -0.4 is 5.32 Å². The topological polar surface area (TPSA) is 86.6 Å². The van der Waals surface area contributed by atoms with Crippen molar-refractivity contribution in [3.05, 3.63) is 24.3 Å². The SMILES string of the molecule is CCCCCCCCCCCCCCCCCCC(CC(=O)O)C(=O)Nc1ccc(O)cc1. The van der Waals surface area contributed by atoms with Crippen LogP contribution in [-0.2, 0) is 9.59 Å². The van der Waals surface area contributed by atoms with E-state index in [0.717, 1.165) is 19.3 Å². The minimum absolute atomic E-state index is 0.128. The van der Waals surface area contributed by atoms with Gasteiger partial charge in [0.1, 0.15) is 5.75 Å². The van der Waals surface area contributed by atoms with Crippen molar-refractivity contribution in [1.82, 2.24) is 0 Å². The smallest absolute Gasteiger partial charge is 0.304 e. The molecule has 0 aliphatic carbocycles. The predicted molar refractivity (Wildman–Crippen MR) is 137 cm³/mol. The van der Waals surface area contributed by atoms with E-state index in [1.807, 2.05) is 0 Å². The summed E-state index contributed by atoms with van der Waals surface area (Å²) in [5, 5.41) is 21.3. The van der Waals surface area contributed by atoms with Crippen LogP contribution in [0, 0.1) is 5.92 Å². The highest BCUT2D eigenvalue weighted by Crippen LogP contribution is 2.20. The minimum Gasteiger partial charge on any atom is -0.508 e. The number of carboxylic acids is 1. The number of amides is 1. The van der Waals surface area contributed by atoms with Gasteiger partial charge in [-0.1, -0.05) is 110 Å². The van der Waals surface area contributed by atoms with Gasteiger partial charge in [-0.3, -0.25) is 9.59 Å². The maximum absolute atomic E-state index is 12.5. The first kappa shape index (κ1) is 29.0. The average Bonchev–Trinajstić information content (AvgIpc) is 2.79. The summed E-state index contributed by atoms with van der Waals surface area (Å²) in [4.78, 5) is 23.7. The number of phenolic OH excluding ortho intramolecular Hbond substituents is 1. The Bertz CT molecular complexity index is 629. The lowest BCUT2D eigenvalue weighted by molar-refractivity contribution is -0.140. The highest BCUT2D eigenvalue weighted by atomic mass is 16.4. The molecule has 1 unspecified atom stereocenters. The van der Waals surface area contributed by atoms with Gasteiger partial charge in [0.25, 0.3) is 0 Å². The fraction of sp³-hybridized carbons (Fsp3) is 0.714. The number of hydrogen-bond acceptors (Lipinski definition) is 3. The van der Waals surface area contributed by atoms with Gasteiger partial charge in [-0.05, 0) is 30.7 Å². The third-order valence-electron chi connectivity index (χ3n) is 6.33. The molecular weight excluding hydrogens is 414 g/mol. The third-order valence-corrected chi connectivity index (χ3v) is 6.33. The molecule has 0 heterocycles. The molecule has 0 aliphatic heterocycles. The van der Waals surface area contributed by atoms with Crippen LogP contribution in [0.1, 0.15) is 122 Å².